The molecule has 0 bridgehead atoms. The summed E-state index contributed by atoms with van der Waals surface area (Å²) in [5, 5.41) is 10.3. The molecule has 108 valence electrons. The van der Waals surface area contributed by atoms with Crippen molar-refractivity contribution in [2.75, 3.05) is 7.05 Å². The first-order valence-corrected chi connectivity index (χ1v) is 7.48. The highest BCUT2D eigenvalue weighted by Crippen LogP contribution is 2.36. The van der Waals surface area contributed by atoms with E-state index in [1.54, 1.807) is 18.2 Å². The number of fused-ring (bicyclic) bond motifs is 1. The third kappa shape index (κ3) is 1.85. The van der Waals surface area contributed by atoms with E-state index in [1.165, 1.54) is 24.5 Å². The van der Waals surface area contributed by atoms with E-state index in [1.807, 2.05) is 0 Å². The Kier molecular flexibility index (Phi) is 2.87. The Hall–Kier alpha value is -2.54. The lowest BCUT2D eigenvalue weighted by Gasteiger charge is -2.26. The lowest BCUT2D eigenvalue weighted by atomic mass is 10.0. The fourth-order valence-corrected chi connectivity index (χ4v) is 3.50. The minimum Gasteiger partial charge on any atom is -0.504 e. The van der Waals surface area contributed by atoms with E-state index < -0.39 is 15.9 Å². The molecule has 1 N–H and O–H groups in total. The first-order valence-electron chi connectivity index (χ1n) is 6.04. The monoisotopic (exact) mass is 305 g/mol. The summed E-state index contributed by atoms with van der Waals surface area (Å²) in [4.78, 5) is 12.3. The Bertz CT molecular complexity index is 849. The predicted octanol–water partition coefficient (Wildman–Crippen LogP) is 1.87. The van der Waals surface area contributed by atoms with Crippen molar-refractivity contribution >= 4 is 27.3 Å². The predicted molar refractivity (Wildman–Crippen MR) is 74.5 cm³/mol. The zero-order valence-electron chi connectivity index (χ0n) is 11.0. The lowest BCUT2D eigenvalue weighted by Crippen LogP contribution is -2.38. The van der Waals surface area contributed by atoms with Gasteiger partial charge in [0.2, 0.25) is 0 Å². The number of hydrogen-bond acceptors (Lipinski definition) is 5. The zero-order valence-corrected chi connectivity index (χ0v) is 11.8. The van der Waals surface area contributed by atoms with Crippen molar-refractivity contribution < 1.29 is 22.7 Å². The molecule has 1 aromatic heterocycles. The molecule has 1 aliphatic rings. The van der Waals surface area contributed by atoms with Crippen LogP contribution in [0.15, 0.2) is 52.0 Å². The van der Waals surface area contributed by atoms with Crippen molar-refractivity contribution in [3.8, 4) is 0 Å². The number of benzene rings is 1. The van der Waals surface area contributed by atoms with Gasteiger partial charge in [-0.2, -0.15) is 0 Å². The summed E-state index contributed by atoms with van der Waals surface area (Å²) < 4.78 is 30.2. The number of aliphatic hydroxyl groups excluding tert-OH is 1. The van der Waals surface area contributed by atoms with Crippen molar-refractivity contribution in [1.29, 1.82) is 0 Å². The number of furan rings is 1. The van der Waals surface area contributed by atoms with Gasteiger partial charge in [0, 0.05) is 12.6 Å². The van der Waals surface area contributed by atoms with Crippen LogP contribution in [0.5, 0.6) is 0 Å². The van der Waals surface area contributed by atoms with E-state index in [-0.39, 0.29) is 27.6 Å². The highest BCUT2D eigenvalue weighted by Gasteiger charge is 2.39. The van der Waals surface area contributed by atoms with E-state index in [4.69, 9.17) is 4.42 Å². The molecule has 1 aliphatic heterocycles. The molecule has 1 amide bonds. The van der Waals surface area contributed by atoms with Gasteiger partial charge in [-0.25, -0.2) is 12.7 Å². The van der Waals surface area contributed by atoms with Crippen molar-refractivity contribution in [3.05, 3.63) is 54.0 Å². The fraction of sp³-hybridized carbons (Fsp3) is 0.0714. The maximum atomic E-state index is 12.3. The van der Waals surface area contributed by atoms with E-state index in [2.05, 4.69) is 0 Å². The van der Waals surface area contributed by atoms with E-state index in [0.717, 1.165) is 7.05 Å². The first kappa shape index (κ1) is 13.4. The number of carbonyl (C=O) groups excluding carboxylic acids is 1. The topological polar surface area (TPSA) is 87.8 Å². The molecule has 0 atom stereocenters. The van der Waals surface area contributed by atoms with Crippen LogP contribution in [-0.4, -0.2) is 30.8 Å². The van der Waals surface area contributed by atoms with Crippen LogP contribution in [0.4, 0.5) is 0 Å². The molecule has 6 nitrogen and oxygen atoms in total. The number of likely N-dealkylation sites (N-methyl/N-ethyl adjacent to an activating group) is 1. The summed E-state index contributed by atoms with van der Waals surface area (Å²) in [7, 11) is -2.74. The van der Waals surface area contributed by atoms with Gasteiger partial charge in [0.05, 0.1) is 16.7 Å². The molecule has 2 aromatic rings. The zero-order chi connectivity index (χ0) is 15.2. The Balaban J connectivity index is 2.37. The summed E-state index contributed by atoms with van der Waals surface area (Å²) in [5.41, 5.74) is 0.0624. The minimum atomic E-state index is -3.90. The Morgan fingerprint density at radius 1 is 1.19 bits per heavy atom. The molecule has 0 saturated heterocycles. The number of sulfonamides is 1. The third-order valence-electron chi connectivity index (χ3n) is 3.29. The molecule has 7 heteroatoms. The van der Waals surface area contributed by atoms with Gasteiger partial charge in [0.15, 0.2) is 11.5 Å². The quantitative estimate of drug-likeness (QED) is 0.642. The van der Waals surface area contributed by atoms with Gasteiger partial charge in [0.25, 0.3) is 15.9 Å². The summed E-state index contributed by atoms with van der Waals surface area (Å²) in [6.45, 7) is 0. The second kappa shape index (κ2) is 4.49. The minimum absolute atomic E-state index is 0.0276. The molecule has 2 heterocycles. The van der Waals surface area contributed by atoms with Crippen molar-refractivity contribution in [3.63, 3.8) is 0 Å². The van der Waals surface area contributed by atoms with Crippen LogP contribution in [-0.2, 0) is 14.8 Å². The van der Waals surface area contributed by atoms with E-state index in [0.29, 0.717) is 4.31 Å². The number of hydrogen-bond donors (Lipinski definition) is 1. The van der Waals surface area contributed by atoms with Gasteiger partial charge in [0.1, 0.15) is 0 Å². The maximum Gasteiger partial charge on any atom is 0.271 e. The molecule has 0 radical (unpaired) electrons. The lowest BCUT2D eigenvalue weighted by molar-refractivity contribution is -0.120. The van der Waals surface area contributed by atoms with Crippen LogP contribution < -0.4 is 0 Å². The van der Waals surface area contributed by atoms with Gasteiger partial charge in [-0.15, -0.1) is 0 Å². The molecule has 0 aliphatic carbocycles. The average Bonchev–Trinajstić information content (AvgIpc) is 3.00. The van der Waals surface area contributed by atoms with Gasteiger partial charge in [-0.1, -0.05) is 18.2 Å². The molecule has 0 saturated carbocycles. The number of carbonyl (C=O) groups is 1. The maximum absolute atomic E-state index is 12.3. The van der Waals surface area contributed by atoms with Crippen LogP contribution in [0.1, 0.15) is 11.3 Å². The molecule has 0 spiro atoms. The highest BCUT2D eigenvalue weighted by molar-refractivity contribution is 7.90. The number of aliphatic hydroxyl groups is 1. The van der Waals surface area contributed by atoms with Crippen LogP contribution in [0.3, 0.4) is 0 Å². The van der Waals surface area contributed by atoms with Gasteiger partial charge >= 0.3 is 0 Å². The van der Waals surface area contributed by atoms with E-state index in [9.17, 15) is 18.3 Å². The third-order valence-corrected chi connectivity index (χ3v) is 5.08. The number of rotatable bonds is 1. The van der Waals surface area contributed by atoms with Crippen LogP contribution in [0, 0.1) is 0 Å². The number of amides is 1. The van der Waals surface area contributed by atoms with Crippen LogP contribution >= 0.6 is 0 Å². The largest absolute Gasteiger partial charge is 0.504 e. The summed E-state index contributed by atoms with van der Waals surface area (Å²) in [6, 6.07) is 9.08. The summed E-state index contributed by atoms with van der Waals surface area (Å²) >= 11 is 0. The Morgan fingerprint density at radius 3 is 2.57 bits per heavy atom. The van der Waals surface area contributed by atoms with Crippen molar-refractivity contribution in [2.45, 2.75) is 4.90 Å². The van der Waals surface area contributed by atoms with Crippen LogP contribution in [0.2, 0.25) is 0 Å². The molecule has 0 fully saturated rings. The van der Waals surface area contributed by atoms with Gasteiger partial charge < -0.3 is 9.52 Å². The molecule has 3 rings (SSSR count). The summed E-state index contributed by atoms with van der Waals surface area (Å²) in [6.07, 6.45) is 1.35. The van der Waals surface area contributed by atoms with Gasteiger partial charge in [-0.3, -0.25) is 4.79 Å². The summed E-state index contributed by atoms with van der Waals surface area (Å²) in [5.74, 6) is -1.09. The molecular weight excluding hydrogens is 294 g/mol. The Labute approximate surface area is 121 Å². The van der Waals surface area contributed by atoms with Gasteiger partial charge in [-0.05, 0) is 18.2 Å². The molecule has 21 heavy (non-hydrogen) atoms. The van der Waals surface area contributed by atoms with Crippen molar-refractivity contribution in [1.82, 2.24) is 4.31 Å². The number of nitrogens with zero attached hydrogens (tertiary/aromatic N) is 1. The smallest absolute Gasteiger partial charge is 0.271 e. The highest BCUT2D eigenvalue weighted by atomic mass is 32.2. The molecular formula is C14H11NO5S. The normalized spacial score (nSPS) is 19.3. The van der Waals surface area contributed by atoms with Crippen LogP contribution in [0.25, 0.3) is 11.3 Å². The Morgan fingerprint density at radius 2 is 1.90 bits per heavy atom. The van der Waals surface area contributed by atoms with E-state index >= 15 is 0 Å². The second-order valence-electron chi connectivity index (χ2n) is 4.47. The molecule has 1 aromatic carbocycles. The second-order valence-corrected chi connectivity index (χ2v) is 6.41. The standard InChI is InChI=1S/C14H11NO5S/c1-15-14(17)12(13(16)10-6-4-8-20-10)9-5-2-3-7-11(9)21(15,18)19/h2-8,16H,1H3/b13-12-. The van der Waals surface area contributed by atoms with Crippen molar-refractivity contribution in [2.24, 2.45) is 0 Å². The average molecular weight is 305 g/mol. The SMILES string of the molecule is CN1C(=O)/C(=C(\O)c2ccco2)c2ccccc2S1(=O)=O. The molecule has 0 unspecified atom stereocenters. The first-order chi connectivity index (χ1) is 9.94. The fourth-order valence-electron chi connectivity index (χ4n) is 2.19.